The van der Waals surface area contributed by atoms with Crippen LogP contribution in [0, 0.1) is 16.2 Å². The van der Waals surface area contributed by atoms with Gasteiger partial charge in [0, 0.05) is 6.54 Å². The summed E-state index contributed by atoms with van der Waals surface area (Å²) in [5, 5.41) is 3.06. The van der Waals surface area contributed by atoms with Crippen LogP contribution in [0.15, 0.2) is 18.2 Å². The Morgan fingerprint density at radius 2 is 1.38 bits per heavy atom. The molecule has 39 heavy (non-hydrogen) atoms. The van der Waals surface area contributed by atoms with E-state index in [2.05, 4.69) is 5.32 Å². The van der Waals surface area contributed by atoms with Gasteiger partial charge >= 0.3 is 23.9 Å². The molecule has 0 heterocycles. The van der Waals surface area contributed by atoms with Gasteiger partial charge in [-0.05, 0) is 55.2 Å². The molecule has 0 aliphatic rings. The summed E-state index contributed by atoms with van der Waals surface area (Å²) in [6.45, 7) is 17.4. The second-order valence-electron chi connectivity index (χ2n) is 12.8. The molecule has 1 aromatic rings. The summed E-state index contributed by atoms with van der Waals surface area (Å²) in [7, 11) is 1.29. The number of esters is 4. The molecular weight excluding hydrogens is 502 g/mol. The molecule has 0 radical (unpaired) electrons. The first-order chi connectivity index (χ1) is 17.9. The van der Waals surface area contributed by atoms with Crippen LogP contribution in [0.5, 0.6) is 11.5 Å². The topological polar surface area (TPSA) is 117 Å². The van der Waals surface area contributed by atoms with Crippen molar-refractivity contribution in [3.63, 3.8) is 0 Å². The Morgan fingerprint density at radius 3 is 1.87 bits per heavy atom. The molecule has 220 valence electrons. The summed E-state index contributed by atoms with van der Waals surface area (Å²) in [6, 6.07) is 4.09. The summed E-state index contributed by atoms with van der Waals surface area (Å²) < 4.78 is 21.5. The van der Waals surface area contributed by atoms with E-state index in [4.69, 9.17) is 18.9 Å². The lowest BCUT2D eigenvalue weighted by atomic mass is 9.91. The van der Waals surface area contributed by atoms with Gasteiger partial charge in [0.2, 0.25) is 0 Å². The number of carbonyl (C=O) groups is 4. The van der Waals surface area contributed by atoms with Crippen molar-refractivity contribution in [3.05, 3.63) is 23.8 Å². The van der Waals surface area contributed by atoms with E-state index in [0.29, 0.717) is 12.0 Å². The molecule has 0 aliphatic carbocycles. The first-order valence-electron chi connectivity index (χ1n) is 13.4. The minimum Gasteiger partial charge on any atom is -0.468 e. The van der Waals surface area contributed by atoms with Gasteiger partial charge < -0.3 is 24.3 Å². The number of benzene rings is 1. The molecule has 0 bridgehead atoms. The van der Waals surface area contributed by atoms with Crippen LogP contribution in [0.4, 0.5) is 0 Å². The highest BCUT2D eigenvalue weighted by Crippen LogP contribution is 2.32. The SMILES string of the molecule is CCC(C)(C)C(=O)OCCN[C@@H](Cc1ccc(OC(=O)CC(C)(C)C)c(OC(=O)CC(C)(C)C)c1)C(=O)OC. The Labute approximate surface area is 233 Å². The van der Waals surface area contributed by atoms with E-state index < -0.39 is 29.4 Å². The molecule has 0 aliphatic heterocycles. The Kier molecular flexibility index (Phi) is 12.6. The maximum absolute atomic E-state index is 12.6. The van der Waals surface area contributed by atoms with Crippen LogP contribution in [0.2, 0.25) is 0 Å². The number of methoxy groups -OCH3 is 1. The van der Waals surface area contributed by atoms with Gasteiger partial charge in [-0.2, -0.15) is 0 Å². The first-order valence-corrected chi connectivity index (χ1v) is 13.4. The second kappa shape index (κ2) is 14.4. The molecule has 9 nitrogen and oxygen atoms in total. The van der Waals surface area contributed by atoms with Gasteiger partial charge in [0.25, 0.3) is 0 Å². The molecule has 0 spiro atoms. The van der Waals surface area contributed by atoms with Crippen molar-refractivity contribution in [3.8, 4) is 11.5 Å². The van der Waals surface area contributed by atoms with Crippen molar-refractivity contribution >= 4 is 23.9 Å². The van der Waals surface area contributed by atoms with E-state index in [9.17, 15) is 19.2 Å². The van der Waals surface area contributed by atoms with E-state index in [0.717, 1.165) is 0 Å². The molecule has 0 unspecified atom stereocenters. The lowest BCUT2D eigenvalue weighted by Crippen LogP contribution is -2.41. The Hall–Kier alpha value is -2.94. The van der Waals surface area contributed by atoms with Gasteiger partial charge in [-0.15, -0.1) is 0 Å². The Balaban J connectivity index is 3.08. The van der Waals surface area contributed by atoms with Crippen molar-refractivity contribution in [2.75, 3.05) is 20.3 Å². The number of hydrogen-bond donors (Lipinski definition) is 1. The third-order valence-electron chi connectivity index (χ3n) is 5.89. The zero-order valence-corrected chi connectivity index (χ0v) is 25.3. The highest BCUT2D eigenvalue weighted by atomic mass is 16.6. The highest BCUT2D eigenvalue weighted by Gasteiger charge is 2.28. The van der Waals surface area contributed by atoms with E-state index in [1.807, 2.05) is 62.3 Å². The molecule has 1 atom stereocenters. The van der Waals surface area contributed by atoms with Crippen LogP contribution in [0.1, 0.15) is 87.1 Å². The summed E-state index contributed by atoms with van der Waals surface area (Å²) in [5.41, 5.74) is -0.509. The maximum atomic E-state index is 12.6. The van der Waals surface area contributed by atoms with Crippen LogP contribution in [0.25, 0.3) is 0 Å². The quantitative estimate of drug-likeness (QED) is 0.205. The fraction of sp³-hybridized carbons (Fsp3) is 0.667. The van der Waals surface area contributed by atoms with Crippen molar-refractivity contribution in [2.24, 2.45) is 16.2 Å². The van der Waals surface area contributed by atoms with Gasteiger partial charge in [-0.25, -0.2) is 0 Å². The molecule has 0 saturated heterocycles. The fourth-order valence-corrected chi connectivity index (χ4v) is 3.36. The average molecular weight is 550 g/mol. The molecule has 1 N–H and O–H groups in total. The normalized spacial score (nSPS) is 12.9. The molecule has 0 amide bonds. The maximum Gasteiger partial charge on any atom is 0.323 e. The summed E-state index contributed by atoms with van der Waals surface area (Å²) in [4.78, 5) is 49.8. The third-order valence-corrected chi connectivity index (χ3v) is 5.89. The third kappa shape index (κ3) is 13.1. The minimum absolute atomic E-state index is 0.0914. The molecular formula is C30H47NO8. The van der Waals surface area contributed by atoms with Crippen molar-refractivity contribution in [2.45, 2.75) is 94.0 Å². The molecule has 1 aromatic carbocycles. The predicted octanol–water partition coefficient (Wildman–Crippen LogP) is 5.02. The van der Waals surface area contributed by atoms with E-state index in [-0.39, 0.29) is 60.7 Å². The average Bonchev–Trinajstić information content (AvgIpc) is 2.79. The monoisotopic (exact) mass is 549 g/mol. The number of ether oxygens (including phenoxy) is 4. The second-order valence-corrected chi connectivity index (χ2v) is 12.8. The van der Waals surface area contributed by atoms with Gasteiger partial charge in [0.1, 0.15) is 12.6 Å². The summed E-state index contributed by atoms with van der Waals surface area (Å²) >= 11 is 0. The van der Waals surface area contributed by atoms with Gasteiger partial charge in [0.05, 0.1) is 25.4 Å². The predicted molar refractivity (Wildman–Crippen MR) is 148 cm³/mol. The standard InChI is InChI=1S/C30H47NO8/c1-11-30(8,9)27(35)37-15-14-31-21(26(34)36-10)16-20-12-13-22(38-24(32)18-28(2,3)4)23(17-20)39-25(33)19-29(5,6)7/h12-13,17,21,31H,11,14-16,18-19H2,1-10H3/t21-/m0/s1. The van der Waals surface area contributed by atoms with E-state index >= 15 is 0 Å². The van der Waals surface area contributed by atoms with Crippen molar-refractivity contribution in [1.29, 1.82) is 0 Å². The van der Waals surface area contributed by atoms with Crippen LogP contribution in [-0.4, -0.2) is 50.2 Å². The molecule has 0 saturated carbocycles. The van der Waals surface area contributed by atoms with Gasteiger partial charge in [-0.3, -0.25) is 19.2 Å². The van der Waals surface area contributed by atoms with E-state index in [1.165, 1.54) is 7.11 Å². The number of hydrogen-bond acceptors (Lipinski definition) is 9. The van der Waals surface area contributed by atoms with E-state index in [1.54, 1.807) is 18.2 Å². The highest BCUT2D eigenvalue weighted by molar-refractivity contribution is 5.78. The van der Waals surface area contributed by atoms with Crippen LogP contribution < -0.4 is 14.8 Å². The van der Waals surface area contributed by atoms with Crippen LogP contribution in [0.3, 0.4) is 0 Å². The number of nitrogens with one attached hydrogen (secondary N) is 1. The largest absolute Gasteiger partial charge is 0.468 e. The zero-order chi connectivity index (χ0) is 30.0. The lowest BCUT2D eigenvalue weighted by molar-refractivity contribution is -0.154. The summed E-state index contributed by atoms with van der Waals surface area (Å²) in [6.07, 6.45) is 1.18. The molecule has 9 heteroatoms. The van der Waals surface area contributed by atoms with Crippen molar-refractivity contribution < 1.29 is 38.1 Å². The van der Waals surface area contributed by atoms with Gasteiger partial charge in [0.15, 0.2) is 11.5 Å². The number of rotatable bonds is 13. The van der Waals surface area contributed by atoms with Crippen LogP contribution in [-0.2, 0) is 35.1 Å². The van der Waals surface area contributed by atoms with Crippen molar-refractivity contribution in [1.82, 2.24) is 5.32 Å². The van der Waals surface area contributed by atoms with Gasteiger partial charge in [-0.1, -0.05) is 54.5 Å². The molecule has 0 aromatic heterocycles. The first kappa shape index (κ1) is 34.1. The lowest BCUT2D eigenvalue weighted by Gasteiger charge is -2.22. The molecule has 1 rings (SSSR count). The Bertz CT molecular complexity index is 1000. The Morgan fingerprint density at radius 1 is 0.846 bits per heavy atom. The fourth-order valence-electron chi connectivity index (χ4n) is 3.36. The smallest absolute Gasteiger partial charge is 0.323 e. The number of carbonyl (C=O) groups excluding carboxylic acids is 4. The summed E-state index contributed by atoms with van der Waals surface area (Å²) in [5.74, 6) is -1.49. The minimum atomic E-state index is -0.750. The molecule has 0 fully saturated rings. The zero-order valence-electron chi connectivity index (χ0n) is 25.3. The van der Waals surface area contributed by atoms with Crippen LogP contribution >= 0.6 is 0 Å².